The van der Waals surface area contributed by atoms with Crippen LogP contribution in [0.15, 0.2) is 4.99 Å². The highest BCUT2D eigenvalue weighted by atomic mass is 127. The van der Waals surface area contributed by atoms with Crippen molar-refractivity contribution in [2.45, 2.75) is 76.0 Å². The second-order valence-corrected chi connectivity index (χ2v) is 9.15. The van der Waals surface area contributed by atoms with Gasteiger partial charge in [0.15, 0.2) is 5.96 Å². The Labute approximate surface area is 194 Å². The van der Waals surface area contributed by atoms with E-state index in [9.17, 15) is 0 Å². The smallest absolute Gasteiger partial charge is 0.193 e. The topological polar surface area (TPSA) is 49.3 Å². The largest absolute Gasteiger partial charge is 0.376 e. The second kappa shape index (κ2) is 12.1. The third-order valence-electron chi connectivity index (χ3n) is 6.68. The Morgan fingerprint density at radius 3 is 2.52 bits per heavy atom. The summed E-state index contributed by atoms with van der Waals surface area (Å²) >= 11 is 0. The van der Waals surface area contributed by atoms with Crippen LogP contribution in [0.5, 0.6) is 0 Å². The summed E-state index contributed by atoms with van der Waals surface area (Å²) in [6.07, 6.45) is 12.2. The average Bonchev–Trinajstić information content (AvgIpc) is 3.64. The normalized spacial score (nSPS) is 26.5. The van der Waals surface area contributed by atoms with E-state index in [1.54, 1.807) is 0 Å². The Bertz CT molecular complexity index is 499. The number of aliphatic imine (C=N–C) groups is 1. The molecule has 0 radical (unpaired) electrons. The number of halogens is 1. The van der Waals surface area contributed by atoms with Crippen LogP contribution in [0.25, 0.3) is 0 Å². The minimum atomic E-state index is 0. The van der Waals surface area contributed by atoms with Gasteiger partial charge in [-0.3, -0.25) is 9.89 Å². The summed E-state index contributed by atoms with van der Waals surface area (Å²) in [5.41, 5.74) is 0. The van der Waals surface area contributed by atoms with Crippen LogP contribution >= 0.6 is 24.0 Å². The van der Waals surface area contributed by atoms with Gasteiger partial charge in [0.1, 0.15) is 0 Å². The predicted molar refractivity (Wildman–Crippen MR) is 128 cm³/mol. The molecule has 2 saturated heterocycles. The van der Waals surface area contributed by atoms with Gasteiger partial charge in [0.2, 0.25) is 0 Å². The van der Waals surface area contributed by atoms with Crippen molar-refractivity contribution in [3.63, 3.8) is 0 Å². The molecule has 0 amide bonds. The summed E-state index contributed by atoms with van der Waals surface area (Å²) in [6, 6.07) is 0.866. The summed E-state index contributed by atoms with van der Waals surface area (Å²) in [4.78, 5) is 9.65. The van der Waals surface area contributed by atoms with E-state index in [-0.39, 0.29) is 24.0 Å². The molecule has 1 atom stereocenters. The fourth-order valence-electron chi connectivity index (χ4n) is 4.55. The van der Waals surface area contributed by atoms with E-state index in [4.69, 9.17) is 9.47 Å². The van der Waals surface area contributed by atoms with Crippen LogP contribution in [0, 0.1) is 5.92 Å². The fourth-order valence-corrected chi connectivity index (χ4v) is 4.55. The lowest BCUT2D eigenvalue weighted by molar-refractivity contribution is -0.0721. The van der Waals surface area contributed by atoms with Gasteiger partial charge in [0, 0.05) is 52.4 Å². The Kier molecular flexibility index (Phi) is 9.78. The fraction of sp³-hybridized carbons (Fsp3) is 0.955. The van der Waals surface area contributed by atoms with E-state index in [0.29, 0.717) is 12.2 Å². The molecule has 4 rings (SSSR count). The van der Waals surface area contributed by atoms with Crippen molar-refractivity contribution >= 4 is 29.9 Å². The zero-order valence-corrected chi connectivity index (χ0v) is 20.5. The van der Waals surface area contributed by atoms with Gasteiger partial charge in [0.25, 0.3) is 0 Å². The third-order valence-corrected chi connectivity index (χ3v) is 6.68. The molecule has 2 heterocycles. The van der Waals surface area contributed by atoms with Gasteiger partial charge in [-0.15, -0.1) is 24.0 Å². The van der Waals surface area contributed by atoms with Crippen LogP contribution in [0.3, 0.4) is 0 Å². The first-order chi connectivity index (χ1) is 13.8. The molecule has 29 heavy (non-hydrogen) atoms. The average molecular weight is 521 g/mol. The van der Waals surface area contributed by atoms with E-state index in [0.717, 1.165) is 76.6 Å². The molecule has 0 aromatic rings. The molecule has 4 aliphatic rings. The Hall–Kier alpha value is -0.120. The van der Waals surface area contributed by atoms with Crippen molar-refractivity contribution in [1.82, 2.24) is 15.1 Å². The minimum Gasteiger partial charge on any atom is -0.376 e. The molecule has 1 N–H and O–H groups in total. The number of rotatable bonds is 9. The standard InChI is InChI=1S/C22H40N4O2.HI/c1-23-22(24-11-14-26(19-7-8-19)16-18-5-6-18)25-12-9-20(10-13-25)28-17-21-4-2-3-15-27-21;/h18-21H,2-17H2,1H3,(H,23,24);1H. The van der Waals surface area contributed by atoms with Gasteiger partial charge >= 0.3 is 0 Å². The Morgan fingerprint density at radius 2 is 1.90 bits per heavy atom. The van der Waals surface area contributed by atoms with Crippen LogP contribution in [0.4, 0.5) is 0 Å². The van der Waals surface area contributed by atoms with Gasteiger partial charge < -0.3 is 19.7 Å². The van der Waals surface area contributed by atoms with Crippen molar-refractivity contribution < 1.29 is 9.47 Å². The first kappa shape index (κ1) is 23.5. The molecule has 2 aliphatic carbocycles. The molecule has 2 saturated carbocycles. The zero-order valence-electron chi connectivity index (χ0n) is 18.2. The monoisotopic (exact) mass is 520 g/mol. The van der Waals surface area contributed by atoms with Gasteiger partial charge in [0.05, 0.1) is 18.8 Å². The van der Waals surface area contributed by atoms with Crippen LogP contribution < -0.4 is 5.32 Å². The quantitative estimate of drug-likeness (QED) is 0.288. The summed E-state index contributed by atoms with van der Waals surface area (Å²) in [7, 11) is 1.91. The Balaban J connectivity index is 0.00000240. The number of likely N-dealkylation sites (tertiary alicyclic amines) is 1. The Morgan fingerprint density at radius 1 is 1.10 bits per heavy atom. The first-order valence-electron chi connectivity index (χ1n) is 11.7. The lowest BCUT2D eigenvalue weighted by Crippen LogP contribution is -2.49. The van der Waals surface area contributed by atoms with Crippen molar-refractivity contribution in [2.24, 2.45) is 10.9 Å². The predicted octanol–water partition coefficient (Wildman–Crippen LogP) is 3.10. The first-order valence-corrected chi connectivity index (χ1v) is 11.7. The van der Waals surface area contributed by atoms with Gasteiger partial charge in [-0.05, 0) is 63.7 Å². The molecule has 168 valence electrons. The molecular formula is C22H41IN4O2. The lowest BCUT2D eigenvalue weighted by atomic mass is 10.1. The summed E-state index contributed by atoms with van der Waals surface area (Å²) in [5, 5.41) is 3.62. The molecule has 0 aromatic carbocycles. The van der Waals surface area contributed by atoms with Gasteiger partial charge in [-0.25, -0.2) is 0 Å². The number of ether oxygens (including phenoxy) is 2. The van der Waals surface area contributed by atoms with Crippen molar-refractivity contribution in [3.05, 3.63) is 0 Å². The minimum absolute atomic E-state index is 0. The molecule has 2 aliphatic heterocycles. The molecule has 1 unspecified atom stereocenters. The zero-order chi connectivity index (χ0) is 19.2. The van der Waals surface area contributed by atoms with Crippen LogP contribution in [0.1, 0.15) is 57.8 Å². The van der Waals surface area contributed by atoms with Gasteiger partial charge in [-0.2, -0.15) is 0 Å². The van der Waals surface area contributed by atoms with E-state index in [2.05, 4.69) is 20.1 Å². The molecule has 0 aromatic heterocycles. The highest BCUT2D eigenvalue weighted by molar-refractivity contribution is 14.0. The van der Waals surface area contributed by atoms with Crippen LogP contribution in [-0.2, 0) is 9.47 Å². The second-order valence-electron chi connectivity index (χ2n) is 9.15. The molecular weight excluding hydrogens is 479 g/mol. The van der Waals surface area contributed by atoms with E-state index >= 15 is 0 Å². The highest BCUT2D eigenvalue weighted by Gasteiger charge is 2.33. The number of guanidine groups is 1. The molecule has 0 spiro atoms. The SMILES string of the molecule is CN=C(NCCN(CC1CC1)C1CC1)N1CCC(OCC2CCCCO2)CC1.I. The van der Waals surface area contributed by atoms with E-state index in [1.807, 2.05) is 7.05 Å². The summed E-state index contributed by atoms with van der Waals surface area (Å²) < 4.78 is 11.9. The number of nitrogens with zero attached hydrogens (tertiary/aromatic N) is 3. The number of nitrogens with one attached hydrogen (secondary N) is 1. The number of hydrogen-bond acceptors (Lipinski definition) is 4. The maximum absolute atomic E-state index is 6.15. The van der Waals surface area contributed by atoms with Gasteiger partial charge in [-0.1, -0.05) is 0 Å². The van der Waals surface area contributed by atoms with Crippen LogP contribution in [0.2, 0.25) is 0 Å². The van der Waals surface area contributed by atoms with Crippen molar-refractivity contribution in [1.29, 1.82) is 0 Å². The van der Waals surface area contributed by atoms with E-state index < -0.39 is 0 Å². The van der Waals surface area contributed by atoms with E-state index in [1.165, 1.54) is 45.1 Å². The molecule has 7 heteroatoms. The van der Waals surface area contributed by atoms with Crippen molar-refractivity contribution in [2.75, 3.05) is 53.0 Å². The molecule has 6 nitrogen and oxygen atoms in total. The molecule has 4 fully saturated rings. The number of piperidine rings is 1. The summed E-state index contributed by atoms with van der Waals surface area (Å²) in [6.45, 7) is 7.22. The van der Waals surface area contributed by atoms with Crippen molar-refractivity contribution in [3.8, 4) is 0 Å². The lowest BCUT2D eigenvalue weighted by Gasteiger charge is -2.35. The van der Waals surface area contributed by atoms with Crippen LogP contribution in [-0.4, -0.2) is 87.0 Å². The maximum atomic E-state index is 6.15. The number of hydrogen-bond donors (Lipinski definition) is 1. The third kappa shape index (κ3) is 7.82. The molecule has 0 bridgehead atoms. The summed E-state index contributed by atoms with van der Waals surface area (Å²) in [5.74, 6) is 2.05. The maximum Gasteiger partial charge on any atom is 0.193 e. The highest BCUT2D eigenvalue weighted by Crippen LogP contribution is 2.34.